The summed E-state index contributed by atoms with van der Waals surface area (Å²) in [4.78, 5) is 10.9. The zero-order chi connectivity index (χ0) is 11.6. The summed E-state index contributed by atoms with van der Waals surface area (Å²) in [6, 6.07) is 3.46. The van der Waals surface area contributed by atoms with Crippen LogP contribution < -0.4 is 5.73 Å². The van der Waals surface area contributed by atoms with Gasteiger partial charge in [0.05, 0.1) is 5.56 Å². The third-order valence-electron chi connectivity index (χ3n) is 2.56. The fraction of sp³-hybridized carbons (Fsp3) is 0.417. The molecule has 0 aliphatic carbocycles. The number of carboxylic acid groups (broad SMARTS) is 1. The normalized spacial score (nSPS) is 12.5. The monoisotopic (exact) mass is 207 g/mol. The lowest BCUT2D eigenvalue weighted by Crippen LogP contribution is -2.19. The Morgan fingerprint density at radius 3 is 2.53 bits per heavy atom. The second-order valence-electron chi connectivity index (χ2n) is 4.06. The summed E-state index contributed by atoms with van der Waals surface area (Å²) in [5.74, 6) is -0.885. The molecular weight excluding hydrogens is 190 g/mol. The van der Waals surface area contributed by atoms with E-state index < -0.39 is 5.97 Å². The molecule has 1 aromatic rings. The van der Waals surface area contributed by atoms with E-state index in [0.29, 0.717) is 12.0 Å². The van der Waals surface area contributed by atoms with Gasteiger partial charge in [-0.2, -0.15) is 0 Å². The summed E-state index contributed by atoms with van der Waals surface area (Å²) in [5.41, 5.74) is 9.24. The molecule has 0 heterocycles. The van der Waals surface area contributed by atoms with E-state index in [1.54, 1.807) is 12.1 Å². The molecule has 3 N–H and O–H groups in total. The highest BCUT2D eigenvalue weighted by molar-refractivity contribution is 5.88. The lowest BCUT2D eigenvalue weighted by molar-refractivity contribution is 0.0696. The molecule has 0 fully saturated rings. The fourth-order valence-corrected chi connectivity index (χ4v) is 1.61. The minimum atomic E-state index is -0.885. The zero-order valence-corrected chi connectivity index (χ0v) is 9.37. The smallest absolute Gasteiger partial charge is 0.335 e. The van der Waals surface area contributed by atoms with Crippen molar-refractivity contribution >= 4 is 5.97 Å². The van der Waals surface area contributed by atoms with Gasteiger partial charge in [0.2, 0.25) is 0 Å². The molecule has 0 aliphatic heterocycles. The van der Waals surface area contributed by atoms with E-state index in [1.165, 1.54) is 0 Å². The number of aryl methyl sites for hydroxylation is 1. The fourth-order valence-electron chi connectivity index (χ4n) is 1.61. The van der Waals surface area contributed by atoms with Crippen LogP contribution in [0.4, 0.5) is 0 Å². The second kappa shape index (κ2) is 4.45. The van der Waals surface area contributed by atoms with E-state index in [1.807, 2.05) is 20.8 Å². The van der Waals surface area contributed by atoms with Gasteiger partial charge in [-0.25, -0.2) is 4.79 Å². The predicted molar refractivity (Wildman–Crippen MR) is 60.2 cm³/mol. The molecule has 0 aliphatic rings. The number of aromatic carboxylic acids is 1. The van der Waals surface area contributed by atoms with Crippen molar-refractivity contribution in [2.45, 2.75) is 33.2 Å². The number of nitrogens with two attached hydrogens (primary N) is 1. The lowest BCUT2D eigenvalue weighted by Gasteiger charge is -2.12. The Kier molecular flexibility index (Phi) is 3.48. The Morgan fingerprint density at radius 2 is 2.07 bits per heavy atom. The van der Waals surface area contributed by atoms with Crippen molar-refractivity contribution in [2.75, 3.05) is 0 Å². The molecule has 0 spiro atoms. The average Bonchev–Trinajstić information content (AvgIpc) is 2.11. The van der Waals surface area contributed by atoms with Gasteiger partial charge in [-0.05, 0) is 56.0 Å². The van der Waals surface area contributed by atoms with Gasteiger partial charge in [0, 0.05) is 6.04 Å². The lowest BCUT2D eigenvalue weighted by atomic mass is 9.95. The molecule has 0 saturated carbocycles. The minimum Gasteiger partial charge on any atom is -0.478 e. The maximum atomic E-state index is 10.9. The average molecular weight is 207 g/mol. The molecule has 3 nitrogen and oxygen atoms in total. The van der Waals surface area contributed by atoms with E-state index in [0.717, 1.165) is 16.7 Å². The Hall–Kier alpha value is -1.35. The Bertz CT molecular complexity index is 383. The first-order chi connectivity index (χ1) is 6.91. The van der Waals surface area contributed by atoms with Crippen molar-refractivity contribution in [1.29, 1.82) is 0 Å². The molecule has 0 saturated heterocycles. The van der Waals surface area contributed by atoms with Crippen LogP contribution >= 0.6 is 0 Å². The van der Waals surface area contributed by atoms with Gasteiger partial charge in [-0.15, -0.1) is 0 Å². The van der Waals surface area contributed by atoms with Crippen LogP contribution in [0.2, 0.25) is 0 Å². The topological polar surface area (TPSA) is 63.3 Å². The van der Waals surface area contributed by atoms with Crippen molar-refractivity contribution in [1.82, 2.24) is 0 Å². The second-order valence-corrected chi connectivity index (χ2v) is 4.06. The number of rotatable bonds is 3. The third kappa shape index (κ3) is 2.80. The molecule has 1 unspecified atom stereocenters. The largest absolute Gasteiger partial charge is 0.478 e. The summed E-state index contributed by atoms with van der Waals surface area (Å²) < 4.78 is 0. The Labute approximate surface area is 89.9 Å². The van der Waals surface area contributed by atoms with Crippen LogP contribution in [0.15, 0.2) is 12.1 Å². The van der Waals surface area contributed by atoms with Crippen LogP contribution in [0.5, 0.6) is 0 Å². The minimum absolute atomic E-state index is 0.0483. The molecule has 0 bridgehead atoms. The van der Waals surface area contributed by atoms with Crippen molar-refractivity contribution < 1.29 is 9.90 Å². The highest BCUT2D eigenvalue weighted by Gasteiger charge is 2.10. The summed E-state index contributed by atoms with van der Waals surface area (Å²) in [6.45, 7) is 5.84. The van der Waals surface area contributed by atoms with Gasteiger partial charge in [-0.3, -0.25) is 0 Å². The summed E-state index contributed by atoms with van der Waals surface area (Å²) in [5, 5.41) is 8.93. The maximum absolute atomic E-state index is 10.9. The van der Waals surface area contributed by atoms with Crippen LogP contribution in [-0.4, -0.2) is 17.1 Å². The van der Waals surface area contributed by atoms with Gasteiger partial charge in [0.1, 0.15) is 0 Å². The first-order valence-corrected chi connectivity index (χ1v) is 5.00. The van der Waals surface area contributed by atoms with Gasteiger partial charge >= 0.3 is 5.97 Å². The number of benzene rings is 1. The van der Waals surface area contributed by atoms with Crippen molar-refractivity contribution in [3.63, 3.8) is 0 Å². The third-order valence-corrected chi connectivity index (χ3v) is 2.56. The maximum Gasteiger partial charge on any atom is 0.335 e. The van der Waals surface area contributed by atoms with Gasteiger partial charge in [0.15, 0.2) is 0 Å². The number of hydrogen-bond acceptors (Lipinski definition) is 2. The number of hydrogen-bond donors (Lipinski definition) is 2. The highest BCUT2D eigenvalue weighted by Crippen LogP contribution is 2.17. The first-order valence-electron chi connectivity index (χ1n) is 5.00. The van der Waals surface area contributed by atoms with Gasteiger partial charge in [0.25, 0.3) is 0 Å². The molecule has 0 aromatic heterocycles. The van der Waals surface area contributed by atoms with Crippen molar-refractivity contribution in [3.8, 4) is 0 Å². The van der Waals surface area contributed by atoms with Crippen LogP contribution in [0, 0.1) is 13.8 Å². The summed E-state index contributed by atoms with van der Waals surface area (Å²) in [7, 11) is 0. The summed E-state index contributed by atoms with van der Waals surface area (Å²) >= 11 is 0. The van der Waals surface area contributed by atoms with Crippen LogP contribution in [0.1, 0.15) is 34.0 Å². The molecule has 82 valence electrons. The SMILES string of the molecule is Cc1cc(C(=O)O)cc(CC(C)N)c1C. The van der Waals surface area contributed by atoms with Crippen LogP contribution in [-0.2, 0) is 6.42 Å². The summed E-state index contributed by atoms with van der Waals surface area (Å²) in [6.07, 6.45) is 0.716. The first kappa shape index (κ1) is 11.7. The molecule has 1 rings (SSSR count). The Balaban J connectivity index is 3.19. The van der Waals surface area contributed by atoms with Crippen LogP contribution in [0.25, 0.3) is 0 Å². The Morgan fingerprint density at radius 1 is 1.47 bits per heavy atom. The number of carboxylic acids is 1. The van der Waals surface area contributed by atoms with Gasteiger partial charge < -0.3 is 10.8 Å². The molecule has 1 aromatic carbocycles. The van der Waals surface area contributed by atoms with E-state index in [9.17, 15) is 4.79 Å². The standard InChI is InChI=1S/C12H17NO2/c1-7-4-11(12(14)15)6-10(9(7)3)5-8(2)13/h4,6,8H,5,13H2,1-3H3,(H,14,15). The van der Waals surface area contributed by atoms with Gasteiger partial charge in [-0.1, -0.05) is 0 Å². The van der Waals surface area contributed by atoms with Crippen molar-refractivity contribution in [2.24, 2.45) is 5.73 Å². The molecule has 0 radical (unpaired) electrons. The molecule has 0 amide bonds. The highest BCUT2D eigenvalue weighted by atomic mass is 16.4. The molecule has 1 atom stereocenters. The van der Waals surface area contributed by atoms with E-state index >= 15 is 0 Å². The van der Waals surface area contributed by atoms with E-state index in [-0.39, 0.29) is 6.04 Å². The zero-order valence-electron chi connectivity index (χ0n) is 9.37. The molecule has 15 heavy (non-hydrogen) atoms. The van der Waals surface area contributed by atoms with Crippen molar-refractivity contribution in [3.05, 3.63) is 34.4 Å². The van der Waals surface area contributed by atoms with Crippen LogP contribution in [0.3, 0.4) is 0 Å². The number of carbonyl (C=O) groups is 1. The molecule has 3 heteroatoms. The van der Waals surface area contributed by atoms with E-state index in [2.05, 4.69) is 0 Å². The molecular formula is C12H17NO2. The quantitative estimate of drug-likeness (QED) is 0.795. The van der Waals surface area contributed by atoms with E-state index in [4.69, 9.17) is 10.8 Å². The predicted octanol–water partition coefficient (Wildman–Crippen LogP) is 1.89.